The number of terminal acetylenes is 1. The highest BCUT2D eigenvalue weighted by atomic mass is 16.3. The second-order valence-electron chi connectivity index (χ2n) is 7.66. The lowest BCUT2D eigenvalue weighted by molar-refractivity contribution is -0.132. The molecular weight excluding hydrogens is 346 g/mol. The Hall–Kier alpha value is -2.07. The van der Waals surface area contributed by atoms with Gasteiger partial charge in [0.25, 0.3) is 0 Å². The van der Waals surface area contributed by atoms with Crippen LogP contribution in [0.25, 0.3) is 0 Å². The van der Waals surface area contributed by atoms with Crippen molar-refractivity contribution in [2.45, 2.75) is 71.8 Å². The first kappa shape index (κ1) is 27.2. The van der Waals surface area contributed by atoms with Gasteiger partial charge < -0.3 is 21.1 Å². The van der Waals surface area contributed by atoms with E-state index in [1.807, 2.05) is 0 Å². The Morgan fingerprint density at radius 3 is 2.30 bits per heavy atom. The molecule has 1 unspecified atom stereocenters. The van der Waals surface area contributed by atoms with Crippen LogP contribution in [0.3, 0.4) is 0 Å². The van der Waals surface area contributed by atoms with Crippen molar-refractivity contribution in [1.82, 2.24) is 10.2 Å². The van der Waals surface area contributed by atoms with Crippen LogP contribution in [0, 0.1) is 17.8 Å². The predicted octanol–water partition coefficient (Wildman–Crippen LogP) is 1.43. The normalized spacial score (nSPS) is 15.4. The molecule has 7 heteroatoms. The first-order valence-corrected chi connectivity index (χ1v) is 9.35. The van der Waals surface area contributed by atoms with Crippen molar-refractivity contribution in [2.75, 3.05) is 20.1 Å². The lowest BCUT2D eigenvalue weighted by Gasteiger charge is -2.22. The minimum Gasteiger partial charge on any atom is -0.391 e. The van der Waals surface area contributed by atoms with Gasteiger partial charge in [-0.05, 0) is 24.7 Å². The predicted molar refractivity (Wildman–Crippen MR) is 108 cm³/mol. The third-order valence-electron chi connectivity index (χ3n) is 3.56. The fourth-order valence-corrected chi connectivity index (χ4v) is 2.24. The van der Waals surface area contributed by atoms with E-state index in [-0.39, 0.29) is 23.3 Å². The number of nitrogens with zero attached hydrogens (tertiary/aromatic N) is 1. The molecule has 0 aromatic heterocycles. The van der Waals surface area contributed by atoms with Crippen LogP contribution in [0.1, 0.15) is 65.7 Å². The molecule has 1 atom stereocenters. The number of aliphatic hydroxyl groups excluding tert-OH is 1. The Morgan fingerprint density at radius 1 is 1.33 bits per heavy atom. The van der Waals surface area contributed by atoms with Crippen LogP contribution in [0.5, 0.6) is 0 Å². The number of carbonyl (C=O) groups excluding carboxylic acids is 3. The third kappa shape index (κ3) is 20.1. The molecular formula is C20H37N3O4. The van der Waals surface area contributed by atoms with E-state index in [0.29, 0.717) is 25.8 Å². The van der Waals surface area contributed by atoms with E-state index in [9.17, 15) is 14.7 Å². The molecule has 0 bridgehead atoms. The number of nitrogens with one attached hydrogen (secondary N) is 1. The van der Waals surface area contributed by atoms with E-state index in [2.05, 4.69) is 32.0 Å². The maximum Gasteiger partial charge on any atom is 0.223 e. The van der Waals surface area contributed by atoms with Crippen LogP contribution >= 0.6 is 0 Å². The summed E-state index contributed by atoms with van der Waals surface area (Å²) in [7, 11) is 1.56. The summed E-state index contributed by atoms with van der Waals surface area (Å²) in [6.45, 7) is 7.40. The van der Waals surface area contributed by atoms with Gasteiger partial charge in [-0.25, -0.2) is 0 Å². The summed E-state index contributed by atoms with van der Waals surface area (Å²) in [5, 5.41) is 11.5. The molecule has 4 N–H and O–H groups in total. The molecule has 1 heterocycles. The molecule has 3 amide bonds. The average Bonchev–Trinajstić information content (AvgIpc) is 3.00. The first-order chi connectivity index (χ1) is 12.6. The first-order valence-electron chi connectivity index (χ1n) is 9.35. The molecule has 27 heavy (non-hydrogen) atoms. The summed E-state index contributed by atoms with van der Waals surface area (Å²) < 4.78 is 0. The van der Waals surface area contributed by atoms with E-state index in [0.717, 1.165) is 38.6 Å². The summed E-state index contributed by atoms with van der Waals surface area (Å²) in [4.78, 5) is 32.7. The van der Waals surface area contributed by atoms with Gasteiger partial charge in [0.2, 0.25) is 18.2 Å². The van der Waals surface area contributed by atoms with Crippen LogP contribution < -0.4 is 11.1 Å². The number of primary amides is 1. The van der Waals surface area contributed by atoms with Crippen molar-refractivity contribution in [3.8, 4) is 12.3 Å². The summed E-state index contributed by atoms with van der Waals surface area (Å²) in [6, 6.07) is 0. The van der Waals surface area contributed by atoms with Crippen molar-refractivity contribution in [1.29, 1.82) is 0 Å². The van der Waals surface area contributed by atoms with Crippen molar-refractivity contribution in [3.05, 3.63) is 0 Å². The molecule has 1 aliphatic heterocycles. The quantitative estimate of drug-likeness (QED) is 0.351. The number of amides is 3. The fraction of sp³-hybridized carbons (Fsp3) is 0.750. The number of β-amino-alcohol motifs (C(OH)–C–C–N with tert-alkyl or cyclic N) is 1. The second kappa shape index (κ2) is 16.1. The Kier molecular flexibility index (Phi) is 16.2. The Bertz CT molecular complexity index is 467. The zero-order chi connectivity index (χ0) is 21.3. The van der Waals surface area contributed by atoms with Crippen LogP contribution in [0.15, 0.2) is 0 Å². The van der Waals surface area contributed by atoms with Gasteiger partial charge >= 0.3 is 0 Å². The highest BCUT2D eigenvalue weighted by Crippen LogP contribution is 2.21. The highest BCUT2D eigenvalue weighted by Gasteiger charge is 2.27. The Balaban J connectivity index is 0. The molecule has 1 rings (SSSR count). The number of aliphatic hydroxyl groups is 1. The zero-order valence-electron chi connectivity index (χ0n) is 17.3. The molecule has 1 aliphatic rings. The smallest absolute Gasteiger partial charge is 0.223 e. The number of rotatable bonds is 7. The maximum atomic E-state index is 11.6. The molecule has 0 radical (unpaired) electrons. The van der Waals surface area contributed by atoms with Gasteiger partial charge in [-0.2, -0.15) is 0 Å². The second-order valence-corrected chi connectivity index (χ2v) is 7.66. The SMILES string of the molecule is C#CCCCCCC(N)=O.CC(C)(C)CC(=O)N1CCC(O)C1.CNC=O. The van der Waals surface area contributed by atoms with Gasteiger partial charge in [0.15, 0.2) is 0 Å². The molecule has 1 saturated heterocycles. The van der Waals surface area contributed by atoms with Crippen LogP contribution in [-0.4, -0.2) is 54.5 Å². The Labute approximate surface area is 164 Å². The summed E-state index contributed by atoms with van der Waals surface area (Å²) in [6.07, 6.45) is 10.8. The van der Waals surface area contributed by atoms with Gasteiger partial charge in [-0.15, -0.1) is 12.3 Å². The summed E-state index contributed by atoms with van der Waals surface area (Å²) in [5.74, 6) is 2.49. The van der Waals surface area contributed by atoms with E-state index >= 15 is 0 Å². The monoisotopic (exact) mass is 383 g/mol. The zero-order valence-corrected chi connectivity index (χ0v) is 17.3. The van der Waals surface area contributed by atoms with Crippen molar-refractivity contribution >= 4 is 18.2 Å². The summed E-state index contributed by atoms with van der Waals surface area (Å²) >= 11 is 0. The number of hydrogen-bond donors (Lipinski definition) is 3. The van der Waals surface area contributed by atoms with E-state index in [1.165, 1.54) is 0 Å². The Morgan fingerprint density at radius 2 is 1.93 bits per heavy atom. The van der Waals surface area contributed by atoms with Crippen LogP contribution in [-0.2, 0) is 14.4 Å². The van der Waals surface area contributed by atoms with Gasteiger partial charge in [-0.1, -0.05) is 27.2 Å². The van der Waals surface area contributed by atoms with Gasteiger partial charge in [-0.3, -0.25) is 14.4 Å². The number of unbranched alkanes of at least 4 members (excludes halogenated alkanes) is 3. The standard InChI is InChI=1S/C10H19NO2.C8H13NO.C2H5NO/c1-10(2,3)6-9(13)11-5-4-8(12)7-11;1-2-3-4-5-6-7-8(9)10;1-3-2-4/h8,12H,4-7H2,1-3H3;1H,3-7H2,(H2,9,10);2H,1H3,(H,3,4). The lowest BCUT2D eigenvalue weighted by atomic mass is 9.92. The number of hydrogen-bond acceptors (Lipinski definition) is 4. The van der Waals surface area contributed by atoms with Crippen molar-refractivity contribution < 1.29 is 19.5 Å². The minimum atomic E-state index is -0.302. The lowest BCUT2D eigenvalue weighted by Crippen LogP contribution is -2.32. The molecule has 1 fully saturated rings. The molecule has 0 aromatic rings. The van der Waals surface area contributed by atoms with Gasteiger partial charge in [0.05, 0.1) is 6.10 Å². The van der Waals surface area contributed by atoms with E-state index < -0.39 is 0 Å². The highest BCUT2D eigenvalue weighted by molar-refractivity contribution is 5.77. The van der Waals surface area contributed by atoms with E-state index in [1.54, 1.807) is 11.9 Å². The number of carbonyl (C=O) groups is 3. The average molecular weight is 384 g/mol. The molecule has 7 nitrogen and oxygen atoms in total. The molecule has 0 aromatic carbocycles. The molecule has 156 valence electrons. The van der Waals surface area contributed by atoms with Gasteiger partial charge in [0, 0.05) is 39.4 Å². The molecule has 0 spiro atoms. The third-order valence-corrected chi connectivity index (χ3v) is 3.56. The number of likely N-dealkylation sites (tertiary alicyclic amines) is 1. The fourth-order valence-electron chi connectivity index (χ4n) is 2.24. The van der Waals surface area contributed by atoms with Crippen LogP contribution in [0.2, 0.25) is 0 Å². The van der Waals surface area contributed by atoms with Crippen molar-refractivity contribution in [2.24, 2.45) is 11.1 Å². The molecule has 0 saturated carbocycles. The van der Waals surface area contributed by atoms with E-state index in [4.69, 9.17) is 17.0 Å². The minimum absolute atomic E-state index is 0.0463. The topological polar surface area (TPSA) is 113 Å². The maximum absolute atomic E-state index is 11.6. The van der Waals surface area contributed by atoms with Gasteiger partial charge in [0.1, 0.15) is 0 Å². The molecule has 0 aliphatic carbocycles. The van der Waals surface area contributed by atoms with Crippen LogP contribution in [0.4, 0.5) is 0 Å². The number of nitrogens with two attached hydrogens (primary N) is 1. The summed E-state index contributed by atoms with van der Waals surface area (Å²) in [5.41, 5.74) is 4.97. The largest absolute Gasteiger partial charge is 0.391 e. The van der Waals surface area contributed by atoms with Crippen molar-refractivity contribution in [3.63, 3.8) is 0 Å².